The van der Waals surface area contributed by atoms with Crippen LogP contribution in [0.1, 0.15) is 99.0 Å². The minimum absolute atomic E-state index is 0.00710. The molecule has 0 aliphatic heterocycles. The highest BCUT2D eigenvalue weighted by molar-refractivity contribution is 6.01. The molecule has 83 heavy (non-hydrogen) atoms. The van der Waals surface area contributed by atoms with Gasteiger partial charge in [0, 0.05) is 36.2 Å². The second-order valence-electron chi connectivity index (χ2n) is 19.8. The van der Waals surface area contributed by atoms with Gasteiger partial charge in [0.25, 0.3) is 0 Å². The standard InChI is InChI=1S/C48H75N13O15.C2HF3O2/c1-8-10-29(56-42(70)31(14-15-36(65)66)58-46(74)38(50)25(7)63)43(71)61-39(23(4)5)47(75)54-24(6)40(68)59-32(17-22(2)3)44(72)60-33(21-62)45(73)57-30(11-9-16-53-48(51)52)41(69)55-27-12-13-28-26(18-35(49)64)19-37(67)76-34(28)20-27;3-2(4,5)1(6)7/h12-13,19-20,22-25,29-33,38-39,62-63H,8-11,14-18,21,50H2,1-7H3,(H2,49,64)(H,54,75)(H,55,69)(H,56,70)(H,57,73)(H,58,74)(H,59,68)(H,60,72)(H,61,71)(H,65,66)(H4,51,52,53);(H,6,7)/t24-,25-,29-,30-,31-,32-,33-,38-,39-;/m0./s1. The third kappa shape index (κ3) is 26.3. The Bertz CT molecular complexity index is 2700. The van der Waals surface area contributed by atoms with E-state index >= 15 is 0 Å². The van der Waals surface area contributed by atoms with Crippen molar-refractivity contribution in [3.63, 3.8) is 0 Å². The van der Waals surface area contributed by atoms with E-state index in [1.807, 2.05) is 0 Å². The van der Waals surface area contributed by atoms with Gasteiger partial charge >= 0.3 is 23.7 Å². The van der Waals surface area contributed by atoms with Gasteiger partial charge in [-0.2, -0.15) is 13.2 Å². The van der Waals surface area contributed by atoms with Crippen molar-refractivity contribution in [2.75, 3.05) is 18.5 Å². The number of carbonyl (C=O) groups excluding carboxylic acids is 9. The molecule has 0 saturated carbocycles. The van der Waals surface area contributed by atoms with Crippen LogP contribution >= 0.6 is 0 Å². The summed E-state index contributed by atoms with van der Waals surface area (Å²) in [6.45, 7) is 10.0. The minimum atomic E-state index is -5.08. The van der Waals surface area contributed by atoms with Crippen LogP contribution in [0.4, 0.5) is 18.9 Å². The number of carbonyl (C=O) groups is 11. The van der Waals surface area contributed by atoms with Gasteiger partial charge in [-0.15, -0.1) is 0 Å². The highest BCUT2D eigenvalue weighted by Crippen LogP contribution is 2.22. The van der Waals surface area contributed by atoms with Crippen molar-refractivity contribution >= 4 is 87.7 Å². The number of aliphatic carboxylic acids is 2. The van der Waals surface area contributed by atoms with Gasteiger partial charge in [-0.25, -0.2) is 9.59 Å². The Morgan fingerprint density at radius 1 is 0.675 bits per heavy atom. The topological polar surface area (TPSA) is 512 Å². The molecule has 2 aromatic rings. The Hall–Kier alpha value is -8.46. The van der Waals surface area contributed by atoms with Crippen LogP contribution in [0.5, 0.6) is 0 Å². The number of aliphatic hydroxyl groups is 2. The largest absolute Gasteiger partial charge is 0.490 e. The number of benzene rings is 1. The van der Waals surface area contributed by atoms with Crippen molar-refractivity contribution in [1.82, 2.24) is 37.2 Å². The molecule has 0 fully saturated rings. The molecule has 2 rings (SSSR count). The first-order valence-corrected chi connectivity index (χ1v) is 25.9. The third-order valence-electron chi connectivity index (χ3n) is 11.8. The number of aliphatic imine (C=N–C) groups is 1. The molecule has 0 radical (unpaired) electrons. The van der Waals surface area contributed by atoms with Crippen LogP contribution < -0.4 is 71.1 Å². The normalized spacial score (nSPS) is 14.4. The molecule has 9 atom stereocenters. The Kier molecular flexibility index (Phi) is 30.4. The fourth-order valence-corrected chi connectivity index (χ4v) is 7.39. The first kappa shape index (κ1) is 72.6. The molecule has 0 aliphatic carbocycles. The predicted octanol–water partition coefficient (Wildman–Crippen LogP) is -3.07. The van der Waals surface area contributed by atoms with Crippen LogP contribution in [0.3, 0.4) is 0 Å². The Balaban J connectivity index is 0.00000460. The zero-order valence-electron chi connectivity index (χ0n) is 46.7. The number of primary amides is 1. The maximum Gasteiger partial charge on any atom is 0.490 e. The van der Waals surface area contributed by atoms with Gasteiger partial charge in [-0.05, 0) is 75.5 Å². The average Bonchev–Trinajstić information content (AvgIpc) is 3.58. The van der Waals surface area contributed by atoms with Crippen LogP contribution in [-0.4, -0.2) is 165 Å². The smallest absolute Gasteiger partial charge is 0.481 e. The van der Waals surface area contributed by atoms with E-state index < -0.39 is 150 Å². The molecule has 464 valence electrons. The quantitative estimate of drug-likeness (QED) is 0.0150. The number of guanidine groups is 1. The molecule has 0 unspecified atom stereocenters. The number of nitrogens with two attached hydrogens (primary N) is 4. The highest BCUT2D eigenvalue weighted by atomic mass is 19.4. The SMILES string of the molecule is CCC[C@H](NC(=O)[C@H](CCC(=O)O)NC(=O)[C@@H](N)[C@H](C)O)C(=O)N[C@H](C(=O)N[C@@H](C)C(=O)N[C@@H](CC(C)C)C(=O)N[C@@H](CO)C(=O)N[C@@H](CCCN=C(N)N)C(=O)Nc1ccc2c(CC(N)=O)cc(=O)oc2c1)C(C)C.O=C(O)C(F)(F)F. The number of alkyl halides is 3. The molecule has 0 bridgehead atoms. The van der Waals surface area contributed by atoms with E-state index in [4.69, 9.17) is 37.3 Å². The van der Waals surface area contributed by atoms with Crippen molar-refractivity contribution in [3.05, 3.63) is 40.2 Å². The van der Waals surface area contributed by atoms with Gasteiger partial charge in [0.05, 0.1) is 19.1 Å². The second-order valence-corrected chi connectivity index (χ2v) is 19.8. The first-order chi connectivity index (χ1) is 38.5. The van der Waals surface area contributed by atoms with Gasteiger partial charge in [0.15, 0.2) is 5.96 Å². The van der Waals surface area contributed by atoms with E-state index in [-0.39, 0.29) is 68.2 Å². The van der Waals surface area contributed by atoms with Crippen LogP contribution in [-0.2, 0) is 59.2 Å². The molecular formula is C50H76F3N13O17. The van der Waals surface area contributed by atoms with E-state index in [1.54, 1.807) is 34.6 Å². The highest BCUT2D eigenvalue weighted by Gasteiger charge is 2.39. The van der Waals surface area contributed by atoms with Crippen molar-refractivity contribution in [3.8, 4) is 0 Å². The fourth-order valence-electron chi connectivity index (χ4n) is 7.39. The van der Waals surface area contributed by atoms with Crippen molar-refractivity contribution < 1.29 is 90.8 Å². The second kappa shape index (κ2) is 34.7. The summed E-state index contributed by atoms with van der Waals surface area (Å²) in [5, 5.41) is 56.8. The number of amides is 9. The lowest BCUT2D eigenvalue weighted by Crippen LogP contribution is -2.61. The van der Waals surface area contributed by atoms with Crippen LogP contribution in [0.15, 0.2) is 38.5 Å². The summed E-state index contributed by atoms with van der Waals surface area (Å²) in [5.41, 5.74) is 21.6. The number of aliphatic hydroxyl groups excluding tert-OH is 2. The molecule has 0 spiro atoms. The molecular weight excluding hydrogens is 1110 g/mol. The van der Waals surface area contributed by atoms with Crippen LogP contribution in [0.25, 0.3) is 11.0 Å². The summed E-state index contributed by atoms with van der Waals surface area (Å²) < 4.78 is 37.0. The monoisotopic (exact) mass is 1190 g/mol. The number of fused-ring (bicyclic) bond motifs is 1. The number of nitrogens with zero attached hydrogens (tertiary/aromatic N) is 1. The number of halogens is 3. The van der Waals surface area contributed by atoms with E-state index in [1.165, 1.54) is 32.0 Å². The summed E-state index contributed by atoms with van der Waals surface area (Å²) in [7, 11) is 0. The minimum Gasteiger partial charge on any atom is -0.481 e. The van der Waals surface area contributed by atoms with Gasteiger partial charge < -0.3 is 90.3 Å². The number of rotatable bonds is 32. The first-order valence-electron chi connectivity index (χ1n) is 25.9. The van der Waals surface area contributed by atoms with Crippen molar-refractivity contribution in [2.24, 2.45) is 39.8 Å². The predicted molar refractivity (Wildman–Crippen MR) is 290 cm³/mol. The van der Waals surface area contributed by atoms with Gasteiger partial charge in [-0.1, -0.05) is 41.0 Å². The number of nitrogens with one attached hydrogen (secondary N) is 8. The number of carboxylic acid groups (broad SMARTS) is 2. The van der Waals surface area contributed by atoms with Gasteiger partial charge in [0.1, 0.15) is 53.9 Å². The lowest BCUT2D eigenvalue weighted by molar-refractivity contribution is -0.192. The molecule has 0 aliphatic rings. The lowest BCUT2D eigenvalue weighted by Gasteiger charge is -2.28. The van der Waals surface area contributed by atoms with E-state index in [9.17, 15) is 81.2 Å². The van der Waals surface area contributed by atoms with E-state index in [0.29, 0.717) is 17.4 Å². The molecule has 1 heterocycles. The Labute approximate surface area is 473 Å². The summed E-state index contributed by atoms with van der Waals surface area (Å²) in [5.74, 6) is -12.8. The zero-order chi connectivity index (χ0) is 63.6. The average molecular weight is 1190 g/mol. The molecule has 9 amide bonds. The van der Waals surface area contributed by atoms with Gasteiger partial charge in [0.2, 0.25) is 53.2 Å². The maximum atomic E-state index is 13.8. The third-order valence-corrected chi connectivity index (χ3v) is 11.8. The number of anilines is 1. The van der Waals surface area contributed by atoms with Crippen molar-refractivity contribution in [1.29, 1.82) is 0 Å². The fraction of sp³-hybridized carbons (Fsp3) is 0.580. The Morgan fingerprint density at radius 2 is 1.19 bits per heavy atom. The maximum absolute atomic E-state index is 13.8. The lowest BCUT2D eigenvalue weighted by atomic mass is 10.0. The molecule has 33 heteroatoms. The number of hydrogen-bond acceptors (Lipinski definition) is 17. The van der Waals surface area contributed by atoms with Crippen LogP contribution in [0, 0.1) is 11.8 Å². The molecule has 30 nitrogen and oxygen atoms in total. The summed E-state index contributed by atoms with van der Waals surface area (Å²) in [6.07, 6.45) is -7.07. The Morgan fingerprint density at radius 3 is 1.70 bits per heavy atom. The van der Waals surface area contributed by atoms with Crippen molar-refractivity contribution in [2.45, 2.75) is 160 Å². The summed E-state index contributed by atoms with van der Waals surface area (Å²) in [6, 6.07) is -5.76. The van der Waals surface area contributed by atoms with E-state index in [2.05, 4.69) is 47.5 Å². The summed E-state index contributed by atoms with van der Waals surface area (Å²) in [4.78, 5) is 156. The molecule has 1 aromatic carbocycles. The van der Waals surface area contributed by atoms with Gasteiger partial charge in [-0.3, -0.25) is 52.9 Å². The molecule has 1 aromatic heterocycles. The number of carboxylic acids is 2. The number of hydrogen-bond donors (Lipinski definition) is 16. The molecule has 0 saturated heterocycles. The van der Waals surface area contributed by atoms with Crippen LogP contribution in [0.2, 0.25) is 0 Å². The zero-order valence-corrected chi connectivity index (χ0v) is 46.7. The van der Waals surface area contributed by atoms with E-state index in [0.717, 1.165) is 6.07 Å². The summed E-state index contributed by atoms with van der Waals surface area (Å²) >= 11 is 0. The molecule has 20 N–H and O–H groups in total.